The molecule has 5 heteroatoms. The Kier molecular flexibility index (Phi) is 6.86. The van der Waals surface area contributed by atoms with Crippen LogP contribution in [0.2, 0.25) is 5.02 Å². The van der Waals surface area contributed by atoms with E-state index in [0.29, 0.717) is 18.1 Å². The van der Waals surface area contributed by atoms with Crippen molar-refractivity contribution in [2.24, 2.45) is 0 Å². The Bertz CT molecular complexity index is 710. The zero-order valence-corrected chi connectivity index (χ0v) is 16.3. The molecule has 1 fully saturated rings. The molecule has 1 heterocycles. The standard InChI is InChI=1S/C21H24ClNO2S/c22-18-5-9-20(10-6-18)26-15-1-2-21(25)23-13-11-17(12-14-23)16-3-7-19(24)8-4-16/h3-10,17,24H,1-2,11-15H2. The molecule has 26 heavy (non-hydrogen) atoms. The number of hydrogen-bond donors (Lipinski definition) is 1. The highest BCUT2D eigenvalue weighted by molar-refractivity contribution is 7.99. The molecule has 1 aliphatic rings. The number of aromatic hydroxyl groups is 1. The largest absolute Gasteiger partial charge is 0.508 e. The number of likely N-dealkylation sites (tertiary alicyclic amines) is 1. The highest BCUT2D eigenvalue weighted by atomic mass is 35.5. The van der Waals surface area contributed by atoms with Crippen LogP contribution in [0.15, 0.2) is 53.4 Å². The van der Waals surface area contributed by atoms with Crippen LogP contribution < -0.4 is 0 Å². The summed E-state index contributed by atoms with van der Waals surface area (Å²) in [6, 6.07) is 15.3. The van der Waals surface area contributed by atoms with Crippen LogP contribution in [-0.4, -0.2) is 34.8 Å². The van der Waals surface area contributed by atoms with Crippen LogP contribution in [0, 0.1) is 0 Å². The van der Waals surface area contributed by atoms with Gasteiger partial charge in [0.15, 0.2) is 0 Å². The Morgan fingerprint density at radius 3 is 2.38 bits per heavy atom. The van der Waals surface area contributed by atoms with Crippen molar-refractivity contribution in [1.82, 2.24) is 4.90 Å². The Morgan fingerprint density at radius 2 is 1.73 bits per heavy atom. The first-order valence-corrected chi connectivity index (χ1v) is 10.4. The van der Waals surface area contributed by atoms with Crippen LogP contribution in [0.4, 0.5) is 0 Å². The lowest BCUT2D eigenvalue weighted by molar-refractivity contribution is -0.132. The molecule has 2 aromatic rings. The molecule has 0 atom stereocenters. The number of thioether (sulfide) groups is 1. The minimum atomic E-state index is 0.269. The van der Waals surface area contributed by atoms with Crippen LogP contribution in [0.25, 0.3) is 0 Å². The fourth-order valence-electron chi connectivity index (χ4n) is 3.31. The highest BCUT2D eigenvalue weighted by Gasteiger charge is 2.23. The average Bonchev–Trinajstić information content (AvgIpc) is 2.67. The summed E-state index contributed by atoms with van der Waals surface area (Å²) in [7, 11) is 0. The van der Waals surface area contributed by atoms with Gasteiger partial charge in [-0.1, -0.05) is 23.7 Å². The summed E-state index contributed by atoms with van der Waals surface area (Å²) in [6.45, 7) is 1.66. The average molecular weight is 390 g/mol. The molecular formula is C21H24ClNO2S. The van der Waals surface area contributed by atoms with Crippen molar-refractivity contribution in [3.8, 4) is 5.75 Å². The van der Waals surface area contributed by atoms with Crippen LogP contribution in [0.1, 0.15) is 37.2 Å². The first-order valence-electron chi connectivity index (χ1n) is 9.07. The summed E-state index contributed by atoms with van der Waals surface area (Å²) >= 11 is 7.65. The first-order chi connectivity index (χ1) is 12.6. The molecule has 1 aliphatic heterocycles. The minimum absolute atomic E-state index is 0.269. The molecule has 138 valence electrons. The number of amides is 1. The third kappa shape index (κ3) is 5.42. The molecule has 3 nitrogen and oxygen atoms in total. The number of phenols is 1. The summed E-state index contributed by atoms with van der Waals surface area (Å²) in [5.41, 5.74) is 1.26. The monoisotopic (exact) mass is 389 g/mol. The quantitative estimate of drug-likeness (QED) is 0.536. The number of carbonyl (C=O) groups excluding carboxylic acids is 1. The van der Waals surface area contributed by atoms with E-state index in [1.807, 2.05) is 41.3 Å². The van der Waals surface area contributed by atoms with Crippen molar-refractivity contribution in [2.75, 3.05) is 18.8 Å². The number of carbonyl (C=O) groups is 1. The lowest BCUT2D eigenvalue weighted by Gasteiger charge is -2.32. The van der Waals surface area contributed by atoms with Gasteiger partial charge in [-0.3, -0.25) is 4.79 Å². The predicted octanol–water partition coefficient (Wildman–Crippen LogP) is 5.32. The number of rotatable bonds is 6. The number of benzene rings is 2. The van der Waals surface area contributed by atoms with Gasteiger partial charge in [0.25, 0.3) is 0 Å². The molecule has 0 spiro atoms. The van der Waals surface area contributed by atoms with E-state index in [1.165, 1.54) is 10.5 Å². The SMILES string of the molecule is O=C(CCCSc1ccc(Cl)cc1)N1CCC(c2ccc(O)cc2)CC1. The Morgan fingerprint density at radius 1 is 1.08 bits per heavy atom. The first kappa shape index (κ1) is 19.1. The number of nitrogens with zero attached hydrogens (tertiary/aromatic N) is 1. The molecule has 0 saturated carbocycles. The van der Waals surface area contributed by atoms with Gasteiger partial charge < -0.3 is 10.0 Å². The Hall–Kier alpha value is -1.65. The van der Waals surface area contributed by atoms with E-state index < -0.39 is 0 Å². The van der Waals surface area contributed by atoms with Crippen molar-refractivity contribution < 1.29 is 9.90 Å². The van der Waals surface area contributed by atoms with Gasteiger partial charge in [-0.05, 0) is 72.9 Å². The van der Waals surface area contributed by atoms with Crippen LogP contribution >= 0.6 is 23.4 Å². The van der Waals surface area contributed by atoms with E-state index in [1.54, 1.807) is 23.9 Å². The Balaban J connectivity index is 1.37. The van der Waals surface area contributed by atoms with Gasteiger partial charge in [-0.15, -0.1) is 11.8 Å². The number of piperidine rings is 1. The summed E-state index contributed by atoms with van der Waals surface area (Å²) in [4.78, 5) is 15.6. The molecule has 0 aliphatic carbocycles. The summed E-state index contributed by atoms with van der Waals surface area (Å²) in [6.07, 6.45) is 3.50. The maximum atomic E-state index is 12.4. The van der Waals surface area contributed by atoms with E-state index in [4.69, 9.17) is 11.6 Å². The molecule has 0 aromatic heterocycles. The van der Waals surface area contributed by atoms with Gasteiger partial charge in [0, 0.05) is 29.4 Å². The van der Waals surface area contributed by atoms with E-state index in [2.05, 4.69) is 0 Å². The van der Waals surface area contributed by atoms with Crippen molar-refractivity contribution in [3.63, 3.8) is 0 Å². The molecule has 0 bridgehead atoms. The normalized spacial score (nSPS) is 15.2. The number of hydrogen-bond acceptors (Lipinski definition) is 3. The maximum Gasteiger partial charge on any atom is 0.222 e. The van der Waals surface area contributed by atoms with Gasteiger partial charge in [0.05, 0.1) is 0 Å². The third-order valence-corrected chi connectivity index (χ3v) is 6.18. The fourth-order valence-corrected chi connectivity index (χ4v) is 4.29. The lowest BCUT2D eigenvalue weighted by Crippen LogP contribution is -2.37. The lowest BCUT2D eigenvalue weighted by atomic mass is 9.89. The highest BCUT2D eigenvalue weighted by Crippen LogP contribution is 2.29. The topological polar surface area (TPSA) is 40.5 Å². The van der Waals surface area contributed by atoms with E-state index in [9.17, 15) is 9.90 Å². The van der Waals surface area contributed by atoms with Gasteiger partial charge in [-0.2, -0.15) is 0 Å². The van der Waals surface area contributed by atoms with E-state index in [-0.39, 0.29) is 5.91 Å². The summed E-state index contributed by atoms with van der Waals surface area (Å²) in [5.74, 6) is 2.00. The van der Waals surface area contributed by atoms with Crippen molar-refractivity contribution >= 4 is 29.3 Å². The second-order valence-electron chi connectivity index (χ2n) is 6.65. The maximum absolute atomic E-state index is 12.4. The van der Waals surface area contributed by atoms with Gasteiger partial charge in [-0.25, -0.2) is 0 Å². The molecule has 3 rings (SSSR count). The minimum Gasteiger partial charge on any atom is -0.508 e. The smallest absolute Gasteiger partial charge is 0.222 e. The zero-order chi connectivity index (χ0) is 18.4. The Labute approximate surface area is 164 Å². The predicted molar refractivity (Wildman–Crippen MR) is 108 cm³/mol. The van der Waals surface area contributed by atoms with Gasteiger partial charge >= 0.3 is 0 Å². The van der Waals surface area contributed by atoms with Gasteiger partial charge in [0.1, 0.15) is 5.75 Å². The molecular weight excluding hydrogens is 366 g/mol. The molecule has 1 saturated heterocycles. The number of halogens is 1. The van der Waals surface area contributed by atoms with Crippen molar-refractivity contribution in [1.29, 1.82) is 0 Å². The second-order valence-corrected chi connectivity index (χ2v) is 8.26. The second kappa shape index (κ2) is 9.33. The van der Waals surface area contributed by atoms with E-state index >= 15 is 0 Å². The van der Waals surface area contributed by atoms with Crippen molar-refractivity contribution in [2.45, 2.75) is 36.5 Å². The summed E-state index contributed by atoms with van der Waals surface area (Å²) < 4.78 is 0. The van der Waals surface area contributed by atoms with Crippen molar-refractivity contribution in [3.05, 3.63) is 59.1 Å². The number of phenolic OH excluding ortho intramolecular Hbond substituents is 1. The molecule has 0 radical (unpaired) electrons. The molecule has 2 aromatic carbocycles. The molecule has 0 unspecified atom stereocenters. The van der Waals surface area contributed by atoms with Crippen LogP contribution in [0.3, 0.4) is 0 Å². The van der Waals surface area contributed by atoms with Crippen LogP contribution in [-0.2, 0) is 4.79 Å². The molecule has 1 N–H and O–H groups in total. The van der Waals surface area contributed by atoms with Gasteiger partial charge in [0.2, 0.25) is 5.91 Å². The fraction of sp³-hybridized carbons (Fsp3) is 0.381. The zero-order valence-electron chi connectivity index (χ0n) is 14.7. The summed E-state index contributed by atoms with van der Waals surface area (Å²) in [5, 5.41) is 10.1. The van der Waals surface area contributed by atoms with E-state index in [0.717, 1.165) is 43.1 Å². The third-order valence-electron chi connectivity index (χ3n) is 4.83. The molecule has 1 amide bonds. The van der Waals surface area contributed by atoms with Crippen LogP contribution in [0.5, 0.6) is 5.75 Å².